The third-order valence-electron chi connectivity index (χ3n) is 3.27. The minimum atomic E-state index is -3.69. The minimum Gasteiger partial charge on any atom is -0.493 e. The summed E-state index contributed by atoms with van der Waals surface area (Å²) in [5, 5.41) is 5.13. The Morgan fingerprint density at radius 3 is 2.10 bits per heavy atom. The molecule has 0 saturated heterocycles. The number of hydrogen-bond acceptors (Lipinski definition) is 4. The van der Waals surface area contributed by atoms with E-state index in [9.17, 15) is 8.42 Å². The standard InChI is InChI=1S/C14H23NO4S/c1-10-8-12(20(15,16)17)9-11(2)13(10)19-7-6-14(3,4)18-5/h8-9H,6-7H2,1-5H3,(H2,15,16,17). The second kappa shape index (κ2) is 6.11. The van der Waals surface area contributed by atoms with E-state index in [4.69, 9.17) is 14.6 Å². The zero-order valence-corrected chi connectivity index (χ0v) is 13.5. The molecular weight excluding hydrogens is 278 g/mol. The van der Waals surface area contributed by atoms with E-state index in [0.29, 0.717) is 12.4 Å². The zero-order valence-electron chi connectivity index (χ0n) is 12.7. The van der Waals surface area contributed by atoms with E-state index < -0.39 is 10.0 Å². The van der Waals surface area contributed by atoms with Crippen LogP contribution in [-0.4, -0.2) is 27.7 Å². The molecule has 0 aliphatic carbocycles. The zero-order chi connectivity index (χ0) is 15.6. The maximum atomic E-state index is 11.4. The van der Waals surface area contributed by atoms with Crippen molar-refractivity contribution < 1.29 is 17.9 Å². The molecule has 0 aliphatic rings. The molecule has 0 saturated carbocycles. The highest BCUT2D eigenvalue weighted by Gasteiger charge is 2.17. The number of aryl methyl sites for hydroxylation is 2. The van der Waals surface area contributed by atoms with Crippen LogP contribution >= 0.6 is 0 Å². The van der Waals surface area contributed by atoms with Crippen molar-refractivity contribution >= 4 is 10.0 Å². The number of nitrogens with two attached hydrogens (primary N) is 1. The first-order valence-corrected chi connectivity index (χ1v) is 7.93. The molecule has 0 fully saturated rings. The summed E-state index contributed by atoms with van der Waals surface area (Å²) in [6.45, 7) is 8.08. The van der Waals surface area contributed by atoms with Crippen LogP contribution in [0.5, 0.6) is 5.75 Å². The fourth-order valence-electron chi connectivity index (χ4n) is 1.80. The predicted octanol–water partition coefficient (Wildman–Crippen LogP) is 2.14. The van der Waals surface area contributed by atoms with Crippen LogP contribution in [0.2, 0.25) is 0 Å². The molecule has 114 valence electrons. The Bertz CT molecular complexity index is 556. The maximum Gasteiger partial charge on any atom is 0.238 e. The first kappa shape index (κ1) is 16.9. The summed E-state index contributed by atoms with van der Waals surface area (Å²) in [5.41, 5.74) is 1.26. The molecule has 0 aromatic heterocycles. The van der Waals surface area contributed by atoms with Gasteiger partial charge in [-0.25, -0.2) is 13.6 Å². The number of benzene rings is 1. The molecule has 6 heteroatoms. The van der Waals surface area contributed by atoms with Gasteiger partial charge in [0, 0.05) is 13.5 Å². The lowest BCUT2D eigenvalue weighted by molar-refractivity contribution is 0.00533. The van der Waals surface area contributed by atoms with Crippen LogP contribution in [0.15, 0.2) is 17.0 Å². The third kappa shape index (κ3) is 4.47. The lowest BCUT2D eigenvalue weighted by Gasteiger charge is -2.23. The lowest BCUT2D eigenvalue weighted by atomic mass is 10.1. The summed E-state index contributed by atoms with van der Waals surface area (Å²) >= 11 is 0. The maximum absolute atomic E-state index is 11.4. The van der Waals surface area contributed by atoms with E-state index in [1.165, 1.54) is 12.1 Å². The fraction of sp³-hybridized carbons (Fsp3) is 0.571. The largest absolute Gasteiger partial charge is 0.493 e. The number of methoxy groups -OCH3 is 1. The lowest BCUT2D eigenvalue weighted by Crippen LogP contribution is -2.25. The van der Waals surface area contributed by atoms with Gasteiger partial charge >= 0.3 is 0 Å². The van der Waals surface area contributed by atoms with Crippen LogP contribution in [-0.2, 0) is 14.8 Å². The average molecular weight is 301 g/mol. The first-order valence-electron chi connectivity index (χ1n) is 6.39. The van der Waals surface area contributed by atoms with Crippen LogP contribution in [0.4, 0.5) is 0 Å². The molecule has 0 bridgehead atoms. The molecule has 0 unspecified atom stereocenters. The normalized spacial score (nSPS) is 12.5. The summed E-state index contributed by atoms with van der Waals surface area (Å²) in [7, 11) is -2.02. The number of rotatable bonds is 6. The van der Waals surface area contributed by atoms with Gasteiger partial charge in [-0.15, -0.1) is 0 Å². The van der Waals surface area contributed by atoms with E-state index in [1.807, 2.05) is 13.8 Å². The van der Waals surface area contributed by atoms with Gasteiger partial charge in [-0.3, -0.25) is 0 Å². The second-order valence-corrected chi connectivity index (χ2v) is 7.05. The quantitative estimate of drug-likeness (QED) is 0.873. The van der Waals surface area contributed by atoms with E-state index in [1.54, 1.807) is 21.0 Å². The molecule has 0 radical (unpaired) electrons. The van der Waals surface area contributed by atoms with Crippen molar-refractivity contribution in [2.75, 3.05) is 13.7 Å². The molecule has 1 aromatic rings. The van der Waals surface area contributed by atoms with Crippen LogP contribution in [0.25, 0.3) is 0 Å². The van der Waals surface area contributed by atoms with Crippen molar-refractivity contribution in [2.45, 2.75) is 44.6 Å². The Hall–Kier alpha value is -1.11. The molecule has 0 heterocycles. The summed E-state index contributed by atoms with van der Waals surface area (Å²) in [6, 6.07) is 3.05. The highest BCUT2D eigenvalue weighted by molar-refractivity contribution is 7.89. The topological polar surface area (TPSA) is 78.6 Å². The molecule has 1 aromatic carbocycles. The molecule has 0 spiro atoms. The summed E-state index contributed by atoms with van der Waals surface area (Å²) < 4.78 is 33.8. The number of sulfonamides is 1. The second-order valence-electron chi connectivity index (χ2n) is 5.49. The van der Waals surface area contributed by atoms with Gasteiger partial charge in [0.25, 0.3) is 0 Å². The smallest absolute Gasteiger partial charge is 0.238 e. The van der Waals surface area contributed by atoms with Crippen molar-refractivity contribution in [1.29, 1.82) is 0 Å². The van der Waals surface area contributed by atoms with Crippen LogP contribution in [0.3, 0.4) is 0 Å². The third-order valence-corrected chi connectivity index (χ3v) is 4.16. The molecule has 0 atom stereocenters. The van der Waals surface area contributed by atoms with Crippen LogP contribution < -0.4 is 9.88 Å². The highest BCUT2D eigenvalue weighted by Crippen LogP contribution is 2.27. The monoisotopic (exact) mass is 301 g/mol. The summed E-state index contributed by atoms with van der Waals surface area (Å²) in [5.74, 6) is 0.698. The Morgan fingerprint density at radius 2 is 1.70 bits per heavy atom. The predicted molar refractivity (Wildman–Crippen MR) is 78.5 cm³/mol. The van der Waals surface area contributed by atoms with Gasteiger partial charge in [0.1, 0.15) is 5.75 Å². The Morgan fingerprint density at radius 1 is 1.20 bits per heavy atom. The van der Waals surface area contributed by atoms with Crippen LogP contribution in [0.1, 0.15) is 31.4 Å². The van der Waals surface area contributed by atoms with Gasteiger partial charge in [0.2, 0.25) is 10.0 Å². The molecular formula is C14H23NO4S. The van der Waals surface area contributed by atoms with Crippen molar-refractivity contribution in [3.63, 3.8) is 0 Å². The van der Waals surface area contributed by atoms with Gasteiger partial charge in [0.05, 0.1) is 17.1 Å². The average Bonchev–Trinajstić information content (AvgIpc) is 2.31. The van der Waals surface area contributed by atoms with E-state index >= 15 is 0 Å². The van der Waals surface area contributed by atoms with Gasteiger partial charge in [-0.1, -0.05) is 0 Å². The molecule has 5 nitrogen and oxygen atoms in total. The Kier molecular flexibility index (Phi) is 5.18. The van der Waals surface area contributed by atoms with Crippen molar-refractivity contribution in [1.82, 2.24) is 0 Å². The number of primary sulfonamides is 1. The SMILES string of the molecule is COC(C)(C)CCOc1c(C)cc(S(N)(=O)=O)cc1C. The molecule has 0 amide bonds. The van der Waals surface area contributed by atoms with E-state index in [-0.39, 0.29) is 10.5 Å². The Balaban J connectivity index is 2.88. The van der Waals surface area contributed by atoms with Gasteiger partial charge in [-0.05, 0) is 51.0 Å². The highest BCUT2D eigenvalue weighted by atomic mass is 32.2. The van der Waals surface area contributed by atoms with E-state index in [0.717, 1.165) is 17.5 Å². The Labute approximate surface area is 121 Å². The van der Waals surface area contributed by atoms with E-state index in [2.05, 4.69) is 0 Å². The van der Waals surface area contributed by atoms with Crippen molar-refractivity contribution in [3.05, 3.63) is 23.3 Å². The molecule has 2 N–H and O–H groups in total. The minimum absolute atomic E-state index is 0.108. The van der Waals surface area contributed by atoms with Gasteiger partial charge < -0.3 is 9.47 Å². The summed E-state index contributed by atoms with van der Waals surface area (Å²) in [6.07, 6.45) is 0.735. The number of hydrogen-bond donors (Lipinski definition) is 1. The fourth-order valence-corrected chi connectivity index (χ4v) is 2.49. The number of ether oxygens (including phenoxy) is 2. The summed E-state index contributed by atoms with van der Waals surface area (Å²) in [4.78, 5) is 0.108. The van der Waals surface area contributed by atoms with Crippen molar-refractivity contribution in [2.24, 2.45) is 5.14 Å². The van der Waals surface area contributed by atoms with Gasteiger partial charge in [0.15, 0.2) is 0 Å². The van der Waals surface area contributed by atoms with Crippen molar-refractivity contribution in [3.8, 4) is 5.75 Å². The van der Waals surface area contributed by atoms with Crippen LogP contribution in [0, 0.1) is 13.8 Å². The molecule has 20 heavy (non-hydrogen) atoms. The molecule has 0 aliphatic heterocycles. The first-order chi connectivity index (χ1) is 9.07. The molecule has 1 rings (SSSR count). The van der Waals surface area contributed by atoms with Gasteiger partial charge in [-0.2, -0.15) is 0 Å².